The van der Waals surface area contributed by atoms with Gasteiger partial charge in [0.1, 0.15) is 11.3 Å². The standard InChI is InChI=1S/C18H19NO/c1-5-16(19-4)14-10-17-15(9-12(14)3)13-8-6-7-11(2)18(13)20-17/h5-6,8-11H,1,7H2,2-4H3/b19-16-. The van der Waals surface area contributed by atoms with Crippen molar-refractivity contribution in [2.24, 2.45) is 4.99 Å². The fraction of sp³-hybridized carbons (Fsp3) is 0.278. The van der Waals surface area contributed by atoms with Crippen LogP contribution < -0.4 is 0 Å². The number of hydrogen-bond acceptors (Lipinski definition) is 2. The van der Waals surface area contributed by atoms with Crippen LogP contribution in [0.5, 0.6) is 0 Å². The van der Waals surface area contributed by atoms with Crippen molar-refractivity contribution in [2.75, 3.05) is 7.05 Å². The summed E-state index contributed by atoms with van der Waals surface area (Å²) in [5.41, 5.74) is 5.38. The Morgan fingerprint density at radius 3 is 2.95 bits per heavy atom. The van der Waals surface area contributed by atoms with E-state index in [-0.39, 0.29) is 0 Å². The first kappa shape index (κ1) is 12.9. The highest BCUT2D eigenvalue weighted by atomic mass is 16.3. The molecule has 2 nitrogen and oxygen atoms in total. The summed E-state index contributed by atoms with van der Waals surface area (Å²) in [6.07, 6.45) is 7.25. The molecule has 1 heterocycles. The molecule has 20 heavy (non-hydrogen) atoms. The minimum Gasteiger partial charge on any atom is -0.460 e. The van der Waals surface area contributed by atoms with E-state index in [1.807, 2.05) is 0 Å². The quantitative estimate of drug-likeness (QED) is 0.711. The van der Waals surface area contributed by atoms with Gasteiger partial charge in [-0.1, -0.05) is 25.7 Å². The fourth-order valence-electron chi connectivity index (χ4n) is 2.92. The van der Waals surface area contributed by atoms with Crippen LogP contribution in [0.3, 0.4) is 0 Å². The van der Waals surface area contributed by atoms with Crippen molar-refractivity contribution in [1.82, 2.24) is 0 Å². The number of aryl methyl sites for hydroxylation is 1. The maximum absolute atomic E-state index is 6.10. The number of furan rings is 1. The van der Waals surface area contributed by atoms with E-state index in [2.05, 4.69) is 49.7 Å². The molecule has 0 spiro atoms. The molecule has 0 N–H and O–H groups in total. The Hall–Kier alpha value is -2.09. The lowest BCUT2D eigenvalue weighted by molar-refractivity contribution is 0.504. The summed E-state index contributed by atoms with van der Waals surface area (Å²) in [5, 5.41) is 1.20. The van der Waals surface area contributed by atoms with Gasteiger partial charge >= 0.3 is 0 Å². The summed E-state index contributed by atoms with van der Waals surface area (Å²) in [4.78, 5) is 4.28. The van der Waals surface area contributed by atoms with Crippen LogP contribution in [0.25, 0.3) is 17.0 Å². The number of hydrogen-bond donors (Lipinski definition) is 0. The summed E-state index contributed by atoms with van der Waals surface area (Å²) in [7, 11) is 1.79. The number of fused-ring (bicyclic) bond motifs is 3. The molecule has 1 atom stereocenters. The Labute approximate surface area is 119 Å². The van der Waals surface area contributed by atoms with Crippen LogP contribution >= 0.6 is 0 Å². The molecule has 1 unspecified atom stereocenters. The normalized spacial score (nSPS) is 18.4. The Morgan fingerprint density at radius 1 is 1.45 bits per heavy atom. The molecule has 3 rings (SSSR count). The van der Waals surface area contributed by atoms with Crippen LogP contribution in [0.4, 0.5) is 0 Å². The van der Waals surface area contributed by atoms with Gasteiger partial charge in [-0.2, -0.15) is 0 Å². The lowest BCUT2D eigenvalue weighted by atomic mass is 9.93. The molecule has 0 radical (unpaired) electrons. The van der Waals surface area contributed by atoms with E-state index in [1.165, 1.54) is 16.5 Å². The molecule has 1 aliphatic carbocycles. The van der Waals surface area contributed by atoms with E-state index in [0.717, 1.165) is 29.0 Å². The van der Waals surface area contributed by atoms with E-state index < -0.39 is 0 Å². The third-order valence-electron chi connectivity index (χ3n) is 4.03. The highest BCUT2D eigenvalue weighted by molar-refractivity contribution is 6.11. The number of allylic oxidation sites excluding steroid dienone is 2. The topological polar surface area (TPSA) is 25.5 Å². The smallest absolute Gasteiger partial charge is 0.135 e. The number of benzene rings is 1. The molecular weight excluding hydrogens is 246 g/mol. The van der Waals surface area contributed by atoms with Crippen molar-refractivity contribution >= 4 is 22.8 Å². The number of nitrogens with zero attached hydrogens (tertiary/aromatic N) is 1. The molecule has 0 amide bonds. The predicted octanol–water partition coefficient (Wildman–Crippen LogP) is 4.87. The second-order valence-corrected chi connectivity index (χ2v) is 5.40. The summed E-state index contributed by atoms with van der Waals surface area (Å²) in [6.45, 7) is 8.15. The van der Waals surface area contributed by atoms with Gasteiger partial charge in [-0.15, -0.1) is 0 Å². The molecular formula is C18H19NO. The zero-order valence-electron chi connectivity index (χ0n) is 12.2. The van der Waals surface area contributed by atoms with Crippen LogP contribution in [0, 0.1) is 6.92 Å². The SMILES string of the molecule is C=C/C(=N/C)c1cc2oc3c(c2cc1C)C=CCC3C. The average Bonchev–Trinajstić information content (AvgIpc) is 2.80. The van der Waals surface area contributed by atoms with Crippen LogP contribution in [0.2, 0.25) is 0 Å². The summed E-state index contributed by atoms with van der Waals surface area (Å²) >= 11 is 0. The predicted molar refractivity (Wildman–Crippen MR) is 85.7 cm³/mol. The van der Waals surface area contributed by atoms with Gasteiger partial charge in [0.05, 0.1) is 5.71 Å². The van der Waals surface area contributed by atoms with Crippen molar-refractivity contribution in [2.45, 2.75) is 26.2 Å². The van der Waals surface area contributed by atoms with Gasteiger partial charge in [0.15, 0.2) is 0 Å². The second kappa shape index (κ2) is 4.78. The van der Waals surface area contributed by atoms with E-state index in [1.54, 1.807) is 13.1 Å². The van der Waals surface area contributed by atoms with Crippen molar-refractivity contribution in [1.29, 1.82) is 0 Å². The summed E-state index contributed by atoms with van der Waals surface area (Å²) in [5.74, 6) is 1.55. The Kier molecular flexibility index (Phi) is 3.09. The average molecular weight is 265 g/mol. The molecule has 2 aromatic rings. The van der Waals surface area contributed by atoms with Crippen molar-refractivity contribution in [3.05, 3.63) is 53.3 Å². The van der Waals surface area contributed by atoms with E-state index in [4.69, 9.17) is 4.42 Å². The lowest BCUT2D eigenvalue weighted by Crippen LogP contribution is -1.99. The molecule has 1 aromatic heterocycles. The van der Waals surface area contributed by atoms with Gasteiger partial charge < -0.3 is 4.42 Å². The van der Waals surface area contributed by atoms with Crippen molar-refractivity contribution in [3.63, 3.8) is 0 Å². The first-order valence-electron chi connectivity index (χ1n) is 6.99. The van der Waals surface area contributed by atoms with Crippen molar-refractivity contribution in [3.8, 4) is 0 Å². The van der Waals surface area contributed by atoms with Gasteiger partial charge in [-0.25, -0.2) is 0 Å². The van der Waals surface area contributed by atoms with Gasteiger partial charge in [0.2, 0.25) is 0 Å². The number of rotatable bonds is 2. The Bertz CT molecular complexity index is 746. The monoisotopic (exact) mass is 265 g/mol. The van der Waals surface area contributed by atoms with Gasteiger partial charge in [0.25, 0.3) is 0 Å². The minimum absolute atomic E-state index is 0.449. The second-order valence-electron chi connectivity index (χ2n) is 5.40. The van der Waals surface area contributed by atoms with Crippen LogP contribution in [0.15, 0.2) is 40.3 Å². The van der Waals surface area contributed by atoms with E-state index in [9.17, 15) is 0 Å². The third-order valence-corrected chi connectivity index (χ3v) is 4.03. The van der Waals surface area contributed by atoms with E-state index >= 15 is 0 Å². The summed E-state index contributed by atoms with van der Waals surface area (Å²) < 4.78 is 6.10. The first-order valence-corrected chi connectivity index (χ1v) is 6.99. The van der Waals surface area contributed by atoms with Gasteiger partial charge in [0, 0.05) is 29.5 Å². The summed E-state index contributed by atoms with van der Waals surface area (Å²) in [6, 6.07) is 4.29. The molecule has 0 saturated carbocycles. The number of aliphatic imine (C=N–C) groups is 1. The molecule has 0 aliphatic heterocycles. The van der Waals surface area contributed by atoms with Crippen LogP contribution in [-0.2, 0) is 0 Å². The zero-order chi connectivity index (χ0) is 14.3. The first-order chi connectivity index (χ1) is 9.65. The van der Waals surface area contributed by atoms with Crippen LogP contribution in [0.1, 0.15) is 41.7 Å². The Balaban J connectivity index is 2.28. The lowest BCUT2D eigenvalue weighted by Gasteiger charge is -2.11. The largest absolute Gasteiger partial charge is 0.460 e. The Morgan fingerprint density at radius 2 is 2.25 bits per heavy atom. The van der Waals surface area contributed by atoms with Gasteiger partial charge in [-0.05, 0) is 37.1 Å². The van der Waals surface area contributed by atoms with Crippen LogP contribution in [-0.4, -0.2) is 12.8 Å². The van der Waals surface area contributed by atoms with Gasteiger partial charge in [-0.3, -0.25) is 4.99 Å². The maximum atomic E-state index is 6.10. The molecule has 1 aliphatic rings. The molecule has 0 saturated heterocycles. The molecule has 0 bridgehead atoms. The molecule has 1 aromatic carbocycles. The molecule has 2 heteroatoms. The minimum atomic E-state index is 0.449. The highest BCUT2D eigenvalue weighted by Crippen LogP contribution is 2.38. The zero-order valence-corrected chi connectivity index (χ0v) is 12.2. The van der Waals surface area contributed by atoms with E-state index in [0.29, 0.717) is 5.92 Å². The fourth-order valence-corrected chi connectivity index (χ4v) is 2.92. The molecule has 0 fully saturated rings. The third kappa shape index (κ3) is 1.83. The highest BCUT2D eigenvalue weighted by Gasteiger charge is 2.21. The maximum Gasteiger partial charge on any atom is 0.135 e. The van der Waals surface area contributed by atoms with Crippen molar-refractivity contribution < 1.29 is 4.42 Å². The molecule has 102 valence electrons.